The number of thiazole rings is 1. The smallest absolute Gasteiger partial charge is 0.235 e. The Morgan fingerprint density at radius 3 is 3.05 bits per heavy atom. The van der Waals surface area contributed by atoms with Crippen LogP contribution in [-0.2, 0) is 6.54 Å². The summed E-state index contributed by atoms with van der Waals surface area (Å²) in [6.07, 6.45) is 1.53. The van der Waals surface area contributed by atoms with Crippen molar-refractivity contribution in [1.29, 1.82) is 5.26 Å². The SMILES string of the molecule is COc1ccccc1-c1nc(Cn2cnnc2C#N)cs1. The topological polar surface area (TPSA) is 76.6 Å². The van der Waals surface area contributed by atoms with Crippen molar-refractivity contribution in [2.75, 3.05) is 7.11 Å². The maximum Gasteiger partial charge on any atom is 0.235 e. The lowest BCUT2D eigenvalue weighted by Gasteiger charge is -2.04. The molecule has 0 radical (unpaired) electrons. The highest BCUT2D eigenvalue weighted by atomic mass is 32.1. The maximum absolute atomic E-state index is 8.93. The Labute approximate surface area is 125 Å². The highest BCUT2D eigenvalue weighted by Gasteiger charge is 2.11. The first-order chi connectivity index (χ1) is 10.3. The van der Waals surface area contributed by atoms with Crippen LogP contribution in [0.4, 0.5) is 0 Å². The molecule has 0 saturated carbocycles. The molecular weight excluding hydrogens is 286 g/mol. The fourth-order valence-corrected chi connectivity index (χ4v) is 2.80. The van der Waals surface area contributed by atoms with Crippen molar-refractivity contribution >= 4 is 11.3 Å². The highest BCUT2D eigenvalue weighted by Crippen LogP contribution is 2.31. The van der Waals surface area contributed by atoms with Gasteiger partial charge in [0.1, 0.15) is 23.2 Å². The average molecular weight is 297 g/mol. The molecule has 104 valence electrons. The fraction of sp³-hybridized carbons (Fsp3) is 0.143. The van der Waals surface area contributed by atoms with Crippen molar-refractivity contribution in [3.63, 3.8) is 0 Å². The Bertz CT molecular complexity index is 802. The second kappa shape index (κ2) is 5.73. The largest absolute Gasteiger partial charge is 0.496 e. The zero-order valence-corrected chi connectivity index (χ0v) is 12.0. The van der Waals surface area contributed by atoms with E-state index in [4.69, 9.17) is 10.00 Å². The fourth-order valence-electron chi connectivity index (χ4n) is 1.96. The maximum atomic E-state index is 8.93. The number of nitriles is 1. The van der Waals surface area contributed by atoms with E-state index in [-0.39, 0.29) is 5.82 Å². The molecule has 0 aliphatic carbocycles. The molecule has 1 aromatic carbocycles. The minimum absolute atomic E-state index is 0.279. The number of hydrogen-bond donors (Lipinski definition) is 0. The zero-order chi connectivity index (χ0) is 14.7. The molecule has 21 heavy (non-hydrogen) atoms. The number of aromatic nitrogens is 4. The van der Waals surface area contributed by atoms with Crippen LogP contribution in [-0.4, -0.2) is 26.9 Å². The first-order valence-electron chi connectivity index (χ1n) is 6.17. The Balaban J connectivity index is 1.89. The lowest BCUT2D eigenvalue weighted by atomic mass is 10.2. The van der Waals surface area contributed by atoms with Gasteiger partial charge in [-0.05, 0) is 12.1 Å². The third kappa shape index (κ3) is 2.61. The van der Waals surface area contributed by atoms with Gasteiger partial charge in [0, 0.05) is 5.38 Å². The summed E-state index contributed by atoms with van der Waals surface area (Å²) >= 11 is 1.54. The second-order valence-corrected chi connectivity index (χ2v) is 5.10. The minimum atomic E-state index is 0.279. The van der Waals surface area contributed by atoms with Crippen LogP contribution in [0.2, 0.25) is 0 Å². The van der Waals surface area contributed by atoms with Gasteiger partial charge in [-0.3, -0.25) is 4.57 Å². The molecule has 0 unspecified atom stereocenters. The van der Waals surface area contributed by atoms with Gasteiger partial charge in [-0.1, -0.05) is 12.1 Å². The lowest BCUT2D eigenvalue weighted by molar-refractivity contribution is 0.416. The van der Waals surface area contributed by atoms with Crippen molar-refractivity contribution in [3.05, 3.63) is 47.5 Å². The molecule has 7 heteroatoms. The zero-order valence-electron chi connectivity index (χ0n) is 11.2. The van der Waals surface area contributed by atoms with Crippen LogP contribution in [0.25, 0.3) is 10.6 Å². The van der Waals surface area contributed by atoms with Crippen molar-refractivity contribution in [1.82, 2.24) is 19.7 Å². The van der Waals surface area contributed by atoms with E-state index in [9.17, 15) is 0 Å². The van der Waals surface area contributed by atoms with Crippen LogP contribution in [0.3, 0.4) is 0 Å². The molecule has 3 rings (SSSR count). The van der Waals surface area contributed by atoms with Gasteiger partial charge in [-0.2, -0.15) is 5.26 Å². The molecule has 0 atom stereocenters. The van der Waals surface area contributed by atoms with Crippen molar-refractivity contribution < 1.29 is 4.74 Å². The minimum Gasteiger partial charge on any atom is -0.496 e. The van der Waals surface area contributed by atoms with E-state index in [0.717, 1.165) is 22.0 Å². The van der Waals surface area contributed by atoms with Gasteiger partial charge in [0.25, 0.3) is 0 Å². The summed E-state index contributed by atoms with van der Waals surface area (Å²) < 4.78 is 7.02. The van der Waals surface area contributed by atoms with Gasteiger partial charge in [-0.15, -0.1) is 21.5 Å². The van der Waals surface area contributed by atoms with Gasteiger partial charge in [0.2, 0.25) is 5.82 Å². The highest BCUT2D eigenvalue weighted by molar-refractivity contribution is 7.13. The van der Waals surface area contributed by atoms with Crippen molar-refractivity contribution in [2.45, 2.75) is 6.54 Å². The number of benzene rings is 1. The molecule has 0 spiro atoms. The first kappa shape index (κ1) is 13.3. The summed E-state index contributed by atoms with van der Waals surface area (Å²) in [6.45, 7) is 0.474. The summed E-state index contributed by atoms with van der Waals surface area (Å²) in [5.74, 6) is 1.07. The number of methoxy groups -OCH3 is 1. The van der Waals surface area contributed by atoms with Crippen LogP contribution in [0, 0.1) is 11.3 Å². The van der Waals surface area contributed by atoms with Gasteiger partial charge in [0.05, 0.1) is 24.9 Å². The predicted molar refractivity (Wildman–Crippen MR) is 77.9 cm³/mol. The number of hydrogen-bond acceptors (Lipinski definition) is 6. The molecule has 0 aliphatic rings. The Kier molecular flexibility index (Phi) is 3.62. The standard InChI is InChI=1S/C14H11N5OS/c1-20-12-5-3-2-4-11(12)14-17-10(8-21-14)7-19-9-16-18-13(19)6-15/h2-5,8-9H,7H2,1H3. The Hall–Kier alpha value is -2.72. The van der Waals surface area contributed by atoms with E-state index in [1.165, 1.54) is 17.7 Å². The number of ether oxygens (including phenoxy) is 1. The van der Waals surface area contributed by atoms with E-state index < -0.39 is 0 Å². The first-order valence-corrected chi connectivity index (χ1v) is 7.05. The quantitative estimate of drug-likeness (QED) is 0.738. The Morgan fingerprint density at radius 1 is 1.38 bits per heavy atom. The molecule has 0 amide bonds. The van der Waals surface area contributed by atoms with Crippen LogP contribution in [0.5, 0.6) is 5.75 Å². The molecule has 0 N–H and O–H groups in total. The molecule has 6 nitrogen and oxygen atoms in total. The summed E-state index contributed by atoms with van der Waals surface area (Å²) in [6, 6.07) is 9.75. The summed E-state index contributed by atoms with van der Waals surface area (Å²) in [7, 11) is 1.64. The molecule has 0 fully saturated rings. The molecule has 2 aromatic heterocycles. The van der Waals surface area contributed by atoms with Crippen molar-refractivity contribution in [3.8, 4) is 22.4 Å². The van der Waals surface area contributed by atoms with E-state index >= 15 is 0 Å². The van der Waals surface area contributed by atoms with E-state index in [0.29, 0.717) is 6.54 Å². The Morgan fingerprint density at radius 2 is 2.24 bits per heavy atom. The monoisotopic (exact) mass is 297 g/mol. The van der Waals surface area contributed by atoms with E-state index in [2.05, 4.69) is 15.2 Å². The van der Waals surface area contributed by atoms with Gasteiger partial charge < -0.3 is 4.74 Å². The molecule has 0 saturated heterocycles. The number of para-hydroxylation sites is 1. The summed E-state index contributed by atoms with van der Waals surface area (Å²) in [4.78, 5) is 4.59. The van der Waals surface area contributed by atoms with Gasteiger partial charge in [0.15, 0.2) is 0 Å². The predicted octanol–water partition coefficient (Wildman–Crippen LogP) is 2.33. The third-order valence-corrected chi connectivity index (χ3v) is 3.86. The van der Waals surface area contributed by atoms with Crippen molar-refractivity contribution in [2.24, 2.45) is 0 Å². The molecule has 0 aliphatic heterocycles. The number of nitrogens with zero attached hydrogens (tertiary/aromatic N) is 5. The molecular formula is C14H11N5OS. The third-order valence-electron chi connectivity index (χ3n) is 2.94. The number of rotatable bonds is 4. The normalized spacial score (nSPS) is 10.3. The van der Waals surface area contributed by atoms with E-state index in [1.807, 2.05) is 35.7 Å². The molecule has 2 heterocycles. The molecule has 0 bridgehead atoms. The van der Waals surface area contributed by atoms with Crippen LogP contribution < -0.4 is 4.74 Å². The van der Waals surface area contributed by atoms with Gasteiger partial charge in [-0.25, -0.2) is 4.98 Å². The van der Waals surface area contributed by atoms with E-state index in [1.54, 1.807) is 11.7 Å². The summed E-state index contributed by atoms with van der Waals surface area (Å²) in [5, 5.41) is 19.2. The average Bonchev–Trinajstić information content (AvgIpc) is 3.16. The molecule has 3 aromatic rings. The summed E-state index contributed by atoms with van der Waals surface area (Å²) in [5.41, 5.74) is 1.82. The van der Waals surface area contributed by atoms with Crippen LogP contribution in [0.15, 0.2) is 36.0 Å². The van der Waals surface area contributed by atoms with Crippen LogP contribution >= 0.6 is 11.3 Å². The second-order valence-electron chi connectivity index (χ2n) is 4.24. The van der Waals surface area contributed by atoms with Gasteiger partial charge >= 0.3 is 0 Å². The van der Waals surface area contributed by atoms with Crippen LogP contribution in [0.1, 0.15) is 11.5 Å². The lowest BCUT2D eigenvalue weighted by Crippen LogP contribution is -2.01.